The number of ether oxygens (including phenoxy) is 2. The predicted molar refractivity (Wildman–Crippen MR) is 88.2 cm³/mol. The van der Waals surface area contributed by atoms with Gasteiger partial charge < -0.3 is 19.2 Å². The molecule has 0 unspecified atom stereocenters. The zero-order chi connectivity index (χ0) is 15.9. The lowest BCUT2D eigenvalue weighted by Gasteiger charge is -2.13. The van der Waals surface area contributed by atoms with Crippen molar-refractivity contribution in [3.8, 4) is 11.5 Å². The third kappa shape index (κ3) is 3.80. The molecular weight excluding hydrogens is 302 g/mol. The normalized spacial score (nSPS) is 10.5. The summed E-state index contributed by atoms with van der Waals surface area (Å²) < 4.78 is 15.9. The molecule has 2 rings (SSSR count). The van der Waals surface area contributed by atoms with Crippen LogP contribution < -0.4 is 5.32 Å². The van der Waals surface area contributed by atoms with E-state index in [-0.39, 0.29) is 0 Å². The van der Waals surface area contributed by atoms with Crippen LogP contribution in [0.4, 0.5) is 5.95 Å². The second-order valence-electron chi connectivity index (χ2n) is 4.47. The maximum Gasteiger partial charge on any atom is 0.223 e. The summed E-state index contributed by atoms with van der Waals surface area (Å²) in [5.41, 5.74) is 2.04. The smallest absolute Gasteiger partial charge is 0.223 e. The van der Waals surface area contributed by atoms with Crippen LogP contribution in [0.2, 0.25) is 0 Å². The van der Waals surface area contributed by atoms with Crippen molar-refractivity contribution in [2.24, 2.45) is 0 Å². The van der Waals surface area contributed by atoms with Gasteiger partial charge in [0.1, 0.15) is 5.69 Å². The van der Waals surface area contributed by atoms with Crippen LogP contribution in [0.1, 0.15) is 18.2 Å². The molecule has 2 aromatic rings. The molecule has 6 nitrogen and oxygen atoms in total. The first-order valence-corrected chi connectivity index (χ1v) is 7.40. The lowest BCUT2D eigenvalue weighted by Crippen LogP contribution is -2.15. The van der Waals surface area contributed by atoms with E-state index in [0.29, 0.717) is 47.8 Å². The van der Waals surface area contributed by atoms with Crippen molar-refractivity contribution in [3.05, 3.63) is 29.7 Å². The Morgan fingerprint density at radius 2 is 2.23 bits per heavy atom. The van der Waals surface area contributed by atoms with Crippen LogP contribution in [0, 0.1) is 6.92 Å². The number of hydrogen-bond donors (Lipinski definition) is 1. The molecule has 0 aliphatic heterocycles. The quantitative estimate of drug-likeness (QED) is 0.621. The van der Waals surface area contributed by atoms with E-state index >= 15 is 0 Å². The molecule has 0 amide bonds. The van der Waals surface area contributed by atoms with Gasteiger partial charge in [0.2, 0.25) is 5.95 Å². The predicted octanol–water partition coefficient (Wildman–Crippen LogP) is 2.82. The number of nitrogens with one attached hydrogen (secondary N) is 1. The van der Waals surface area contributed by atoms with E-state index in [9.17, 15) is 0 Å². The van der Waals surface area contributed by atoms with Crippen molar-refractivity contribution in [1.82, 2.24) is 9.97 Å². The fourth-order valence-corrected chi connectivity index (χ4v) is 2.32. The van der Waals surface area contributed by atoms with Gasteiger partial charge in [-0.05, 0) is 38.2 Å². The number of methoxy groups -OCH3 is 1. The molecule has 0 spiro atoms. The van der Waals surface area contributed by atoms with Crippen molar-refractivity contribution in [3.63, 3.8) is 0 Å². The van der Waals surface area contributed by atoms with Crippen LogP contribution in [0.15, 0.2) is 22.8 Å². The molecule has 1 N–H and O–H groups in total. The van der Waals surface area contributed by atoms with E-state index < -0.39 is 0 Å². The summed E-state index contributed by atoms with van der Waals surface area (Å²) in [6.07, 6.45) is 1.60. The molecule has 2 aromatic heterocycles. The standard InChI is InChI=1S/C15H19N3O3S/c1-4-20-14(22)12-10(2)17-15(16-7-9-19-3)18-13(12)11-6-5-8-21-11/h5-6,8H,4,7,9H2,1-3H3,(H,16,17,18). The molecule has 2 heterocycles. The SMILES string of the molecule is CCOC(=S)c1c(C)nc(NCCOC)nc1-c1ccco1. The summed E-state index contributed by atoms with van der Waals surface area (Å²) in [5.74, 6) is 1.13. The third-order valence-corrected chi connectivity index (χ3v) is 3.24. The summed E-state index contributed by atoms with van der Waals surface area (Å²) in [4.78, 5) is 8.94. The maximum atomic E-state index is 5.47. The molecule has 0 radical (unpaired) electrons. The molecule has 0 atom stereocenters. The van der Waals surface area contributed by atoms with E-state index in [1.54, 1.807) is 19.4 Å². The molecule has 7 heteroatoms. The van der Waals surface area contributed by atoms with Crippen LogP contribution in [0.5, 0.6) is 0 Å². The van der Waals surface area contributed by atoms with Crippen LogP contribution in [-0.2, 0) is 9.47 Å². The number of aryl methyl sites for hydroxylation is 1. The average Bonchev–Trinajstić information content (AvgIpc) is 3.01. The van der Waals surface area contributed by atoms with E-state index in [2.05, 4.69) is 15.3 Å². The maximum absolute atomic E-state index is 5.47. The van der Waals surface area contributed by atoms with Gasteiger partial charge >= 0.3 is 0 Å². The average molecular weight is 321 g/mol. The van der Waals surface area contributed by atoms with Crippen LogP contribution in [-0.4, -0.2) is 41.9 Å². The number of rotatable bonds is 7. The Labute approximate surface area is 134 Å². The molecule has 0 bridgehead atoms. The largest absolute Gasteiger partial charge is 0.483 e. The van der Waals surface area contributed by atoms with Gasteiger partial charge in [0.25, 0.3) is 0 Å². The fraction of sp³-hybridized carbons (Fsp3) is 0.400. The fourth-order valence-electron chi connectivity index (χ4n) is 1.96. The summed E-state index contributed by atoms with van der Waals surface area (Å²) in [7, 11) is 1.64. The minimum absolute atomic E-state index is 0.370. The van der Waals surface area contributed by atoms with Crippen LogP contribution in [0.3, 0.4) is 0 Å². The second kappa shape index (κ2) is 7.86. The van der Waals surface area contributed by atoms with Gasteiger partial charge in [-0.15, -0.1) is 0 Å². The van der Waals surface area contributed by atoms with Crippen molar-refractivity contribution in [2.75, 3.05) is 32.2 Å². The van der Waals surface area contributed by atoms with E-state index in [0.717, 1.165) is 5.69 Å². The zero-order valence-electron chi connectivity index (χ0n) is 12.9. The summed E-state index contributed by atoms with van der Waals surface area (Å²) >= 11 is 5.33. The monoisotopic (exact) mass is 321 g/mol. The number of hydrogen-bond acceptors (Lipinski definition) is 7. The third-order valence-electron chi connectivity index (χ3n) is 2.91. The lowest BCUT2D eigenvalue weighted by atomic mass is 10.1. The summed E-state index contributed by atoms with van der Waals surface area (Å²) in [5, 5.41) is 3.48. The Morgan fingerprint density at radius 1 is 1.41 bits per heavy atom. The van der Waals surface area contributed by atoms with Crippen molar-refractivity contribution < 1.29 is 13.9 Å². The van der Waals surface area contributed by atoms with Crippen molar-refractivity contribution in [1.29, 1.82) is 0 Å². The number of thiocarbonyl (C=S) groups is 1. The van der Waals surface area contributed by atoms with Crippen LogP contribution >= 0.6 is 12.2 Å². The summed E-state index contributed by atoms with van der Waals surface area (Å²) in [6.45, 7) is 5.43. The van der Waals surface area contributed by atoms with E-state index in [4.69, 9.17) is 26.1 Å². The Kier molecular flexibility index (Phi) is 5.85. The highest BCUT2D eigenvalue weighted by molar-refractivity contribution is 7.80. The molecule has 0 aliphatic rings. The minimum Gasteiger partial charge on any atom is -0.483 e. The number of anilines is 1. The first kappa shape index (κ1) is 16.4. The topological polar surface area (TPSA) is 69.4 Å². The van der Waals surface area contributed by atoms with Crippen molar-refractivity contribution in [2.45, 2.75) is 13.8 Å². The molecule has 0 saturated carbocycles. The zero-order valence-corrected chi connectivity index (χ0v) is 13.7. The van der Waals surface area contributed by atoms with Gasteiger partial charge in [0, 0.05) is 13.7 Å². The van der Waals surface area contributed by atoms with Crippen molar-refractivity contribution >= 4 is 23.2 Å². The summed E-state index contributed by atoms with van der Waals surface area (Å²) in [6, 6.07) is 3.64. The highest BCUT2D eigenvalue weighted by atomic mass is 32.1. The van der Waals surface area contributed by atoms with E-state index in [1.807, 2.05) is 19.9 Å². The highest BCUT2D eigenvalue weighted by Crippen LogP contribution is 2.26. The Bertz CT molecular complexity index is 629. The van der Waals surface area contributed by atoms with E-state index in [1.165, 1.54) is 0 Å². The van der Waals surface area contributed by atoms with Gasteiger partial charge in [-0.25, -0.2) is 9.97 Å². The van der Waals surface area contributed by atoms with Gasteiger partial charge in [-0.1, -0.05) is 0 Å². The first-order chi connectivity index (χ1) is 10.7. The number of aromatic nitrogens is 2. The minimum atomic E-state index is 0.370. The Morgan fingerprint density at radius 3 is 2.86 bits per heavy atom. The Balaban J connectivity index is 2.42. The Hall–Kier alpha value is -1.99. The molecular formula is C15H19N3O3S. The molecule has 0 aliphatic carbocycles. The van der Waals surface area contributed by atoms with Gasteiger partial charge in [0.05, 0.1) is 30.7 Å². The van der Waals surface area contributed by atoms with Gasteiger partial charge in [-0.2, -0.15) is 0 Å². The van der Waals surface area contributed by atoms with Gasteiger partial charge in [0.15, 0.2) is 10.8 Å². The molecule has 22 heavy (non-hydrogen) atoms. The lowest BCUT2D eigenvalue weighted by molar-refractivity contribution is 0.210. The van der Waals surface area contributed by atoms with Gasteiger partial charge in [-0.3, -0.25) is 0 Å². The first-order valence-electron chi connectivity index (χ1n) is 6.99. The molecule has 0 aromatic carbocycles. The molecule has 0 fully saturated rings. The highest BCUT2D eigenvalue weighted by Gasteiger charge is 2.20. The molecule has 0 saturated heterocycles. The number of furan rings is 1. The second-order valence-corrected chi connectivity index (χ2v) is 4.84. The molecule has 118 valence electrons. The van der Waals surface area contributed by atoms with Crippen LogP contribution in [0.25, 0.3) is 11.5 Å². The number of nitrogens with zero attached hydrogens (tertiary/aromatic N) is 2.